The van der Waals surface area contributed by atoms with Gasteiger partial charge in [0.1, 0.15) is 12.0 Å². The first-order chi connectivity index (χ1) is 8.50. The molecule has 0 bridgehead atoms. The minimum atomic E-state index is -4.46. The van der Waals surface area contributed by atoms with Gasteiger partial charge in [0.15, 0.2) is 0 Å². The SMILES string of the molecule is O=Cc1ccc(-c2cccc(C(F)(F)F)n2)cc1. The van der Waals surface area contributed by atoms with E-state index in [0.717, 1.165) is 6.07 Å². The van der Waals surface area contributed by atoms with Crippen LogP contribution in [0.3, 0.4) is 0 Å². The fourth-order valence-corrected chi connectivity index (χ4v) is 1.49. The molecule has 92 valence electrons. The van der Waals surface area contributed by atoms with Crippen molar-refractivity contribution in [3.63, 3.8) is 0 Å². The molecule has 5 heteroatoms. The van der Waals surface area contributed by atoms with Crippen LogP contribution >= 0.6 is 0 Å². The maximum Gasteiger partial charge on any atom is 0.433 e. The summed E-state index contributed by atoms with van der Waals surface area (Å²) in [6.07, 6.45) is -3.79. The molecule has 2 aromatic rings. The highest BCUT2D eigenvalue weighted by Crippen LogP contribution is 2.29. The summed E-state index contributed by atoms with van der Waals surface area (Å²) in [5, 5.41) is 0. The summed E-state index contributed by atoms with van der Waals surface area (Å²) in [7, 11) is 0. The molecule has 0 unspecified atom stereocenters. The number of pyridine rings is 1. The molecular weight excluding hydrogens is 243 g/mol. The Kier molecular flexibility index (Phi) is 3.14. The van der Waals surface area contributed by atoms with Gasteiger partial charge >= 0.3 is 6.18 Å². The van der Waals surface area contributed by atoms with E-state index in [1.54, 1.807) is 12.1 Å². The minimum absolute atomic E-state index is 0.224. The monoisotopic (exact) mass is 251 g/mol. The molecule has 2 rings (SSSR count). The first-order valence-corrected chi connectivity index (χ1v) is 5.10. The van der Waals surface area contributed by atoms with Crippen LogP contribution in [0, 0.1) is 0 Å². The van der Waals surface area contributed by atoms with E-state index in [1.165, 1.54) is 24.3 Å². The Morgan fingerprint density at radius 2 is 1.67 bits per heavy atom. The van der Waals surface area contributed by atoms with Crippen LogP contribution in [0.15, 0.2) is 42.5 Å². The number of hydrogen-bond acceptors (Lipinski definition) is 2. The van der Waals surface area contributed by atoms with Gasteiger partial charge in [0.05, 0.1) is 5.69 Å². The van der Waals surface area contributed by atoms with E-state index in [2.05, 4.69) is 4.98 Å². The third kappa shape index (κ3) is 2.56. The number of aldehydes is 1. The van der Waals surface area contributed by atoms with Gasteiger partial charge in [-0.2, -0.15) is 13.2 Å². The van der Waals surface area contributed by atoms with E-state index in [-0.39, 0.29) is 5.69 Å². The lowest BCUT2D eigenvalue weighted by Gasteiger charge is -2.07. The first-order valence-electron chi connectivity index (χ1n) is 5.10. The Morgan fingerprint density at radius 3 is 2.22 bits per heavy atom. The molecule has 18 heavy (non-hydrogen) atoms. The lowest BCUT2D eigenvalue weighted by atomic mass is 10.1. The molecule has 0 radical (unpaired) electrons. The van der Waals surface area contributed by atoms with Gasteiger partial charge in [-0.25, -0.2) is 4.98 Å². The van der Waals surface area contributed by atoms with Crippen molar-refractivity contribution in [3.8, 4) is 11.3 Å². The number of benzene rings is 1. The Bertz CT molecular complexity index is 561. The Morgan fingerprint density at radius 1 is 1.00 bits per heavy atom. The molecule has 1 aromatic carbocycles. The van der Waals surface area contributed by atoms with Gasteiger partial charge in [-0.1, -0.05) is 30.3 Å². The topological polar surface area (TPSA) is 30.0 Å². The zero-order valence-electron chi connectivity index (χ0n) is 9.11. The van der Waals surface area contributed by atoms with Crippen molar-refractivity contribution in [2.45, 2.75) is 6.18 Å². The number of alkyl halides is 3. The first kappa shape index (κ1) is 12.3. The van der Waals surface area contributed by atoms with Crippen molar-refractivity contribution in [2.75, 3.05) is 0 Å². The Balaban J connectivity index is 2.41. The van der Waals surface area contributed by atoms with Gasteiger partial charge in [-0.3, -0.25) is 4.79 Å². The van der Waals surface area contributed by atoms with Crippen molar-refractivity contribution in [1.82, 2.24) is 4.98 Å². The summed E-state index contributed by atoms with van der Waals surface area (Å²) < 4.78 is 37.5. The van der Waals surface area contributed by atoms with Crippen LogP contribution in [0.5, 0.6) is 0 Å². The van der Waals surface area contributed by atoms with E-state index in [1.807, 2.05) is 0 Å². The van der Waals surface area contributed by atoms with Crippen LogP contribution in [0.2, 0.25) is 0 Å². The summed E-state index contributed by atoms with van der Waals surface area (Å²) >= 11 is 0. The molecule has 1 heterocycles. The quantitative estimate of drug-likeness (QED) is 0.763. The van der Waals surface area contributed by atoms with Crippen LogP contribution in [0.1, 0.15) is 16.1 Å². The number of hydrogen-bond donors (Lipinski definition) is 0. The highest BCUT2D eigenvalue weighted by molar-refractivity contribution is 5.76. The number of halogens is 3. The van der Waals surface area contributed by atoms with E-state index in [9.17, 15) is 18.0 Å². The van der Waals surface area contributed by atoms with Gasteiger partial charge < -0.3 is 0 Å². The molecule has 0 atom stereocenters. The van der Waals surface area contributed by atoms with Gasteiger partial charge in [0, 0.05) is 11.1 Å². The second-order valence-electron chi connectivity index (χ2n) is 3.65. The fourth-order valence-electron chi connectivity index (χ4n) is 1.49. The molecule has 1 aromatic heterocycles. The molecule has 0 fully saturated rings. The molecule has 0 saturated carbocycles. The summed E-state index contributed by atoms with van der Waals surface area (Å²) in [4.78, 5) is 14.0. The van der Waals surface area contributed by atoms with Gasteiger partial charge in [0.2, 0.25) is 0 Å². The average molecular weight is 251 g/mol. The van der Waals surface area contributed by atoms with Gasteiger partial charge in [0.25, 0.3) is 0 Å². The van der Waals surface area contributed by atoms with Crippen molar-refractivity contribution >= 4 is 6.29 Å². The number of rotatable bonds is 2. The zero-order valence-corrected chi connectivity index (χ0v) is 9.11. The zero-order chi connectivity index (χ0) is 13.2. The summed E-state index contributed by atoms with van der Waals surface area (Å²) in [6.45, 7) is 0. The molecule has 0 N–H and O–H groups in total. The smallest absolute Gasteiger partial charge is 0.298 e. The number of carbonyl (C=O) groups excluding carboxylic acids is 1. The van der Waals surface area contributed by atoms with Crippen molar-refractivity contribution < 1.29 is 18.0 Å². The van der Waals surface area contributed by atoms with Crippen LogP contribution in [0.25, 0.3) is 11.3 Å². The number of carbonyl (C=O) groups is 1. The molecule has 2 nitrogen and oxygen atoms in total. The molecule has 0 spiro atoms. The molecule has 0 amide bonds. The summed E-state index contributed by atoms with van der Waals surface area (Å²) in [5.41, 5.74) is 0.291. The van der Waals surface area contributed by atoms with Gasteiger partial charge in [-0.05, 0) is 12.1 Å². The lowest BCUT2D eigenvalue weighted by Crippen LogP contribution is -2.07. The Labute approximate surface area is 101 Å². The predicted molar refractivity (Wildman–Crippen MR) is 60.1 cm³/mol. The van der Waals surface area contributed by atoms with Crippen LogP contribution in [-0.4, -0.2) is 11.3 Å². The van der Waals surface area contributed by atoms with Gasteiger partial charge in [-0.15, -0.1) is 0 Å². The lowest BCUT2D eigenvalue weighted by molar-refractivity contribution is -0.141. The third-order valence-corrected chi connectivity index (χ3v) is 2.38. The summed E-state index contributed by atoms with van der Waals surface area (Å²) in [6, 6.07) is 9.90. The minimum Gasteiger partial charge on any atom is -0.298 e. The largest absolute Gasteiger partial charge is 0.433 e. The number of aromatic nitrogens is 1. The summed E-state index contributed by atoms with van der Waals surface area (Å²) in [5.74, 6) is 0. The van der Waals surface area contributed by atoms with E-state index >= 15 is 0 Å². The molecule has 0 aliphatic rings. The Hall–Kier alpha value is -2.17. The van der Waals surface area contributed by atoms with E-state index in [4.69, 9.17) is 0 Å². The van der Waals surface area contributed by atoms with E-state index < -0.39 is 11.9 Å². The fraction of sp³-hybridized carbons (Fsp3) is 0.0769. The van der Waals surface area contributed by atoms with E-state index in [0.29, 0.717) is 17.4 Å². The molecule has 0 saturated heterocycles. The van der Waals surface area contributed by atoms with Crippen LogP contribution < -0.4 is 0 Å². The standard InChI is InChI=1S/C13H8F3NO/c14-13(15,16)12-3-1-2-11(17-12)10-6-4-9(8-18)5-7-10/h1-8H. The van der Waals surface area contributed by atoms with Crippen molar-refractivity contribution in [3.05, 3.63) is 53.7 Å². The molecule has 0 aliphatic heterocycles. The highest BCUT2D eigenvalue weighted by atomic mass is 19.4. The highest BCUT2D eigenvalue weighted by Gasteiger charge is 2.32. The van der Waals surface area contributed by atoms with Crippen LogP contribution in [0.4, 0.5) is 13.2 Å². The second-order valence-corrected chi connectivity index (χ2v) is 3.65. The maximum atomic E-state index is 12.5. The van der Waals surface area contributed by atoms with Crippen molar-refractivity contribution in [2.24, 2.45) is 0 Å². The van der Waals surface area contributed by atoms with Crippen molar-refractivity contribution in [1.29, 1.82) is 0 Å². The normalized spacial score (nSPS) is 11.3. The second kappa shape index (κ2) is 4.60. The predicted octanol–water partition coefficient (Wildman–Crippen LogP) is 3.58. The maximum absolute atomic E-state index is 12.5. The molecule has 0 aliphatic carbocycles. The number of nitrogens with zero attached hydrogens (tertiary/aromatic N) is 1. The molecular formula is C13H8F3NO. The third-order valence-electron chi connectivity index (χ3n) is 2.38. The van der Waals surface area contributed by atoms with Crippen LogP contribution in [-0.2, 0) is 6.18 Å². The average Bonchev–Trinajstić information content (AvgIpc) is 2.38.